The van der Waals surface area contributed by atoms with Crippen LogP contribution in [0.3, 0.4) is 0 Å². The number of fused-ring (bicyclic) bond motifs is 1. The number of aliphatic hydroxyl groups is 1. The lowest BCUT2D eigenvalue weighted by Crippen LogP contribution is -2.18. The average molecular weight is 411 g/mol. The van der Waals surface area contributed by atoms with E-state index in [0.717, 1.165) is 12.1 Å². The fourth-order valence-electron chi connectivity index (χ4n) is 2.88. The SMILES string of the molecule is CCCS(=O)(=O)Nc1ccc(F)c(C(O)c2c[nH]c3ncc(OC)cc23)c1F. The van der Waals surface area contributed by atoms with E-state index in [-0.39, 0.29) is 11.3 Å². The summed E-state index contributed by atoms with van der Waals surface area (Å²) in [6.45, 7) is 1.66. The number of ether oxygens (including phenoxy) is 1. The second kappa shape index (κ2) is 7.72. The van der Waals surface area contributed by atoms with Crippen molar-refractivity contribution in [2.45, 2.75) is 19.4 Å². The first-order valence-corrected chi connectivity index (χ1v) is 10.1. The van der Waals surface area contributed by atoms with Crippen LogP contribution in [0.25, 0.3) is 11.0 Å². The number of pyridine rings is 1. The Labute approximate surface area is 160 Å². The second-order valence-corrected chi connectivity index (χ2v) is 8.00. The molecule has 10 heteroatoms. The van der Waals surface area contributed by atoms with Crippen molar-refractivity contribution in [3.63, 3.8) is 0 Å². The number of hydrogen-bond acceptors (Lipinski definition) is 5. The zero-order valence-corrected chi connectivity index (χ0v) is 16.0. The molecule has 7 nitrogen and oxygen atoms in total. The molecule has 0 aliphatic rings. The third kappa shape index (κ3) is 3.78. The van der Waals surface area contributed by atoms with Gasteiger partial charge in [-0.3, -0.25) is 4.72 Å². The Bertz CT molecular complexity index is 1120. The van der Waals surface area contributed by atoms with Crippen LogP contribution in [0.1, 0.15) is 30.6 Å². The van der Waals surface area contributed by atoms with Gasteiger partial charge in [0, 0.05) is 17.1 Å². The van der Waals surface area contributed by atoms with Crippen LogP contribution in [0, 0.1) is 11.6 Å². The third-order valence-electron chi connectivity index (χ3n) is 4.21. The molecular formula is C18H19F2N3O4S. The van der Waals surface area contributed by atoms with Gasteiger partial charge >= 0.3 is 0 Å². The van der Waals surface area contributed by atoms with Crippen molar-refractivity contribution in [3.8, 4) is 5.75 Å². The number of halogens is 2. The predicted octanol–water partition coefficient (Wildman–Crippen LogP) is 3.08. The Morgan fingerprint density at radius 2 is 2.11 bits per heavy atom. The van der Waals surface area contributed by atoms with Crippen LogP contribution in [0.2, 0.25) is 0 Å². The fraction of sp³-hybridized carbons (Fsp3) is 0.278. The quantitative estimate of drug-likeness (QED) is 0.554. The van der Waals surface area contributed by atoms with E-state index in [2.05, 4.69) is 14.7 Å². The van der Waals surface area contributed by atoms with Crippen LogP contribution in [-0.4, -0.2) is 36.4 Å². The second-order valence-electron chi connectivity index (χ2n) is 6.16. The van der Waals surface area contributed by atoms with E-state index in [4.69, 9.17) is 4.74 Å². The summed E-state index contributed by atoms with van der Waals surface area (Å²) in [5.41, 5.74) is -0.525. The van der Waals surface area contributed by atoms with Crippen molar-refractivity contribution < 1.29 is 27.0 Å². The maximum Gasteiger partial charge on any atom is 0.232 e. The average Bonchev–Trinajstić information content (AvgIpc) is 3.07. The number of sulfonamides is 1. The number of rotatable bonds is 7. The fourth-order valence-corrected chi connectivity index (χ4v) is 4.02. The molecule has 0 fully saturated rings. The number of hydrogen-bond donors (Lipinski definition) is 3. The van der Waals surface area contributed by atoms with Gasteiger partial charge in [0.25, 0.3) is 0 Å². The van der Waals surface area contributed by atoms with Gasteiger partial charge in [-0.1, -0.05) is 6.92 Å². The first kappa shape index (κ1) is 20.0. The minimum atomic E-state index is -3.79. The van der Waals surface area contributed by atoms with Gasteiger partial charge in [-0.05, 0) is 24.6 Å². The Hall–Kier alpha value is -2.72. The van der Waals surface area contributed by atoms with E-state index in [0.29, 0.717) is 23.2 Å². The molecule has 2 heterocycles. The molecule has 150 valence electrons. The molecule has 0 saturated heterocycles. The van der Waals surface area contributed by atoms with Crippen molar-refractivity contribution in [1.29, 1.82) is 0 Å². The van der Waals surface area contributed by atoms with Crippen LogP contribution >= 0.6 is 0 Å². The molecule has 0 aliphatic carbocycles. The van der Waals surface area contributed by atoms with Gasteiger partial charge in [0.05, 0.1) is 30.3 Å². The first-order chi connectivity index (χ1) is 13.3. The summed E-state index contributed by atoms with van der Waals surface area (Å²) < 4.78 is 60.3. The molecule has 0 aliphatic heterocycles. The number of H-pyrrole nitrogens is 1. The number of aliphatic hydroxyl groups excluding tert-OH is 1. The number of aromatic amines is 1. The molecule has 2 aromatic heterocycles. The lowest BCUT2D eigenvalue weighted by atomic mass is 10.00. The summed E-state index contributed by atoms with van der Waals surface area (Å²) in [7, 11) is -2.35. The van der Waals surface area contributed by atoms with Gasteiger partial charge < -0.3 is 14.8 Å². The number of aromatic nitrogens is 2. The molecule has 3 rings (SSSR count). The number of benzene rings is 1. The molecule has 0 bridgehead atoms. The van der Waals surface area contributed by atoms with Crippen LogP contribution < -0.4 is 9.46 Å². The van der Waals surface area contributed by atoms with Crippen molar-refractivity contribution in [1.82, 2.24) is 9.97 Å². The number of nitrogens with one attached hydrogen (secondary N) is 2. The summed E-state index contributed by atoms with van der Waals surface area (Å²) in [6.07, 6.45) is 1.48. The van der Waals surface area contributed by atoms with E-state index in [1.165, 1.54) is 19.5 Å². The first-order valence-electron chi connectivity index (χ1n) is 8.44. The zero-order valence-electron chi connectivity index (χ0n) is 15.2. The molecule has 1 aromatic carbocycles. The Morgan fingerprint density at radius 3 is 2.79 bits per heavy atom. The Kier molecular flexibility index (Phi) is 5.52. The zero-order chi connectivity index (χ0) is 20.5. The molecule has 1 atom stereocenters. The van der Waals surface area contributed by atoms with Gasteiger partial charge in [-0.15, -0.1) is 0 Å². The monoisotopic (exact) mass is 411 g/mol. The summed E-state index contributed by atoms with van der Waals surface area (Å²) >= 11 is 0. The predicted molar refractivity (Wildman–Crippen MR) is 101 cm³/mol. The van der Waals surface area contributed by atoms with Gasteiger partial charge in [-0.2, -0.15) is 0 Å². The molecule has 0 spiro atoms. The molecular weight excluding hydrogens is 392 g/mol. The highest BCUT2D eigenvalue weighted by molar-refractivity contribution is 7.92. The molecule has 3 aromatic rings. The van der Waals surface area contributed by atoms with Gasteiger partial charge in [0.15, 0.2) is 5.82 Å². The van der Waals surface area contributed by atoms with Crippen LogP contribution in [0.5, 0.6) is 5.75 Å². The van der Waals surface area contributed by atoms with E-state index < -0.39 is 39.0 Å². The van der Waals surface area contributed by atoms with Crippen LogP contribution in [0.4, 0.5) is 14.5 Å². The topological polar surface area (TPSA) is 104 Å². The Balaban J connectivity index is 2.07. The number of nitrogens with zero attached hydrogens (tertiary/aromatic N) is 1. The van der Waals surface area contributed by atoms with Crippen LogP contribution in [0.15, 0.2) is 30.6 Å². The lowest BCUT2D eigenvalue weighted by molar-refractivity contribution is 0.211. The molecule has 0 saturated carbocycles. The van der Waals surface area contributed by atoms with E-state index in [1.807, 2.05) is 0 Å². The van der Waals surface area contributed by atoms with Gasteiger partial charge in [-0.25, -0.2) is 22.2 Å². The van der Waals surface area contributed by atoms with Crippen LogP contribution in [-0.2, 0) is 10.0 Å². The molecule has 0 radical (unpaired) electrons. The summed E-state index contributed by atoms with van der Waals surface area (Å²) in [5.74, 6) is -2.00. The van der Waals surface area contributed by atoms with Crippen molar-refractivity contribution >= 4 is 26.7 Å². The Morgan fingerprint density at radius 1 is 1.36 bits per heavy atom. The van der Waals surface area contributed by atoms with Crippen molar-refractivity contribution in [2.24, 2.45) is 0 Å². The molecule has 0 amide bonds. The van der Waals surface area contributed by atoms with Crippen molar-refractivity contribution in [2.75, 3.05) is 17.6 Å². The minimum Gasteiger partial charge on any atom is -0.495 e. The minimum absolute atomic E-state index is 0.174. The molecule has 28 heavy (non-hydrogen) atoms. The van der Waals surface area contributed by atoms with E-state index in [9.17, 15) is 22.3 Å². The van der Waals surface area contributed by atoms with E-state index in [1.54, 1.807) is 13.0 Å². The third-order valence-corrected chi connectivity index (χ3v) is 5.68. The molecule has 1 unspecified atom stereocenters. The maximum atomic E-state index is 14.9. The van der Waals surface area contributed by atoms with Gasteiger partial charge in [0.2, 0.25) is 10.0 Å². The highest BCUT2D eigenvalue weighted by atomic mass is 32.2. The summed E-state index contributed by atoms with van der Waals surface area (Å²) in [4.78, 5) is 6.92. The maximum absolute atomic E-state index is 14.9. The molecule has 3 N–H and O–H groups in total. The normalized spacial score (nSPS) is 12.9. The number of methoxy groups -OCH3 is 1. The summed E-state index contributed by atoms with van der Waals surface area (Å²) in [5, 5.41) is 11.1. The highest BCUT2D eigenvalue weighted by Gasteiger charge is 2.26. The summed E-state index contributed by atoms with van der Waals surface area (Å²) in [6, 6.07) is 3.45. The number of anilines is 1. The smallest absolute Gasteiger partial charge is 0.232 e. The lowest BCUT2D eigenvalue weighted by Gasteiger charge is -2.16. The standard InChI is InChI=1S/C18H19F2N3O4S/c1-3-6-28(25,26)23-14-5-4-13(19)15(16(14)20)17(24)12-9-22-18-11(12)7-10(27-2)8-21-18/h4-5,7-9,17,23-24H,3,6H2,1-2H3,(H,21,22). The van der Waals surface area contributed by atoms with E-state index >= 15 is 0 Å². The van der Waals surface area contributed by atoms with Crippen molar-refractivity contribution in [3.05, 3.63) is 53.4 Å². The largest absolute Gasteiger partial charge is 0.495 e. The van der Waals surface area contributed by atoms with Gasteiger partial charge in [0.1, 0.15) is 23.3 Å². The highest BCUT2D eigenvalue weighted by Crippen LogP contribution is 2.35.